The van der Waals surface area contributed by atoms with E-state index in [1.54, 1.807) is 18.2 Å². The highest BCUT2D eigenvalue weighted by Gasteiger charge is 2.08. The molecule has 0 aromatic heterocycles. The van der Waals surface area contributed by atoms with Gasteiger partial charge in [-0.2, -0.15) is 0 Å². The number of aryl methyl sites for hydroxylation is 1. The number of esters is 2. The van der Waals surface area contributed by atoms with Gasteiger partial charge >= 0.3 is 11.9 Å². The van der Waals surface area contributed by atoms with E-state index in [2.05, 4.69) is 0 Å². The molecule has 0 fully saturated rings. The minimum absolute atomic E-state index is 0.376. The summed E-state index contributed by atoms with van der Waals surface area (Å²) in [4.78, 5) is 21.7. The highest BCUT2D eigenvalue weighted by molar-refractivity contribution is 5.71. The van der Waals surface area contributed by atoms with Crippen LogP contribution in [0.4, 0.5) is 0 Å². The van der Waals surface area contributed by atoms with Crippen molar-refractivity contribution in [3.8, 4) is 11.5 Å². The van der Waals surface area contributed by atoms with E-state index in [1.807, 2.05) is 6.92 Å². The van der Waals surface area contributed by atoms with Gasteiger partial charge in [0.05, 0.1) is 0 Å². The molecule has 0 aliphatic carbocycles. The molecule has 0 amide bonds. The van der Waals surface area contributed by atoms with Gasteiger partial charge in [-0.15, -0.1) is 0 Å². The molecule has 0 N–H and O–H groups in total. The molecule has 1 aromatic rings. The molecule has 4 heteroatoms. The second kappa shape index (κ2) is 5.30. The van der Waals surface area contributed by atoms with Gasteiger partial charge in [0.25, 0.3) is 0 Å². The van der Waals surface area contributed by atoms with E-state index < -0.39 is 11.9 Å². The van der Waals surface area contributed by atoms with Crippen molar-refractivity contribution in [1.29, 1.82) is 0 Å². The van der Waals surface area contributed by atoms with Gasteiger partial charge in [0.15, 0.2) is 0 Å². The summed E-state index contributed by atoms with van der Waals surface area (Å²) in [5.74, 6) is 0.0161. The van der Waals surface area contributed by atoms with Crippen molar-refractivity contribution in [1.82, 2.24) is 0 Å². The van der Waals surface area contributed by atoms with Crippen LogP contribution >= 0.6 is 0 Å². The minimum atomic E-state index is -0.405. The van der Waals surface area contributed by atoms with Crippen LogP contribution in [-0.4, -0.2) is 11.9 Å². The molecule has 0 saturated carbocycles. The Labute approximate surface area is 94.2 Å². The topological polar surface area (TPSA) is 52.6 Å². The van der Waals surface area contributed by atoms with Crippen molar-refractivity contribution in [3.63, 3.8) is 0 Å². The van der Waals surface area contributed by atoms with Crippen LogP contribution < -0.4 is 9.47 Å². The number of benzene rings is 1. The molecule has 16 heavy (non-hydrogen) atoms. The van der Waals surface area contributed by atoms with Crippen LogP contribution in [0.25, 0.3) is 0 Å². The van der Waals surface area contributed by atoms with E-state index in [4.69, 9.17) is 9.47 Å². The maximum absolute atomic E-state index is 10.9. The van der Waals surface area contributed by atoms with Gasteiger partial charge in [-0.3, -0.25) is 9.59 Å². The van der Waals surface area contributed by atoms with E-state index in [-0.39, 0.29) is 0 Å². The molecule has 0 spiro atoms. The second-order valence-electron chi connectivity index (χ2n) is 3.31. The third-order valence-electron chi connectivity index (χ3n) is 1.93. The van der Waals surface area contributed by atoms with Crippen LogP contribution in [0.5, 0.6) is 11.5 Å². The lowest BCUT2D eigenvalue weighted by Crippen LogP contribution is -2.06. The van der Waals surface area contributed by atoms with Crippen LogP contribution in [0, 0.1) is 0 Å². The van der Waals surface area contributed by atoms with E-state index in [0.29, 0.717) is 11.5 Å². The minimum Gasteiger partial charge on any atom is -0.427 e. The van der Waals surface area contributed by atoms with Gasteiger partial charge in [-0.1, -0.05) is 13.0 Å². The third-order valence-corrected chi connectivity index (χ3v) is 1.93. The van der Waals surface area contributed by atoms with Gasteiger partial charge in [0, 0.05) is 19.9 Å². The number of ether oxygens (including phenoxy) is 2. The molecule has 0 bridgehead atoms. The van der Waals surface area contributed by atoms with Crippen molar-refractivity contribution >= 4 is 11.9 Å². The largest absolute Gasteiger partial charge is 0.427 e. The van der Waals surface area contributed by atoms with Crippen molar-refractivity contribution in [2.45, 2.75) is 27.2 Å². The van der Waals surface area contributed by atoms with Crippen LogP contribution in [0.2, 0.25) is 0 Å². The Morgan fingerprint density at radius 3 is 2.25 bits per heavy atom. The summed E-state index contributed by atoms with van der Waals surface area (Å²) in [6.45, 7) is 4.60. The monoisotopic (exact) mass is 222 g/mol. The average Bonchev–Trinajstić information content (AvgIpc) is 2.16. The Kier molecular flexibility index (Phi) is 4.05. The van der Waals surface area contributed by atoms with Crippen molar-refractivity contribution < 1.29 is 19.1 Å². The molecule has 4 nitrogen and oxygen atoms in total. The van der Waals surface area contributed by atoms with Crippen LogP contribution in [0.3, 0.4) is 0 Å². The quantitative estimate of drug-likeness (QED) is 0.580. The predicted molar refractivity (Wildman–Crippen MR) is 58.4 cm³/mol. The van der Waals surface area contributed by atoms with E-state index in [0.717, 1.165) is 12.0 Å². The zero-order valence-electron chi connectivity index (χ0n) is 9.57. The van der Waals surface area contributed by atoms with Gasteiger partial charge < -0.3 is 9.47 Å². The Balaban J connectivity index is 3.00. The molecule has 0 aliphatic heterocycles. The highest BCUT2D eigenvalue weighted by Crippen LogP contribution is 2.25. The van der Waals surface area contributed by atoms with Gasteiger partial charge in [0.1, 0.15) is 11.5 Å². The van der Waals surface area contributed by atoms with Crippen molar-refractivity contribution in [2.24, 2.45) is 0 Å². The number of hydrogen-bond acceptors (Lipinski definition) is 4. The molecular formula is C12H14O4. The summed E-state index contributed by atoms with van der Waals surface area (Å²) >= 11 is 0. The molecular weight excluding hydrogens is 208 g/mol. The average molecular weight is 222 g/mol. The summed E-state index contributed by atoms with van der Waals surface area (Å²) in [5.41, 5.74) is 0.895. The first-order chi connectivity index (χ1) is 7.52. The summed E-state index contributed by atoms with van der Waals surface area (Å²) in [5, 5.41) is 0. The highest BCUT2D eigenvalue weighted by atomic mass is 16.5. The van der Waals surface area contributed by atoms with E-state index in [1.165, 1.54) is 13.8 Å². The second-order valence-corrected chi connectivity index (χ2v) is 3.31. The first kappa shape index (κ1) is 12.2. The normalized spacial score (nSPS) is 9.69. The van der Waals surface area contributed by atoms with Crippen LogP contribution in [0.15, 0.2) is 18.2 Å². The molecule has 0 saturated heterocycles. The van der Waals surface area contributed by atoms with Gasteiger partial charge in [-0.25, -0.2) is 0 Å². The fraction of sp³-hybridized carbons (Fsp3) is 0.333. The summed E-state index contributed by atoms with van der Waals surface area (Å²) in [6.07, 6.45) is 0.739. The summed E-state index contributed by atoms with van der Waals surface area (Å²) < 4.78 is 9.93. The molecule has 0 aliphatic rings. The summed E-state index contributed by atoms with van der Waals surface area (Å²) in [7, 11) is 0. The Hall–Kier alpha value is -1.84. The predicted octanol–water partition coefficient (Wildman–Crippen LogP) is 2.10. The maximum atomic E-state index is 10.9. The summed E-state index contributed by atoms with van der Waals surface area (Å²) in [6, 6.07) is 4.99. The zero-order chi connectivity index (χ0) is 12.1. The van der Waals surface area contributed by atoms with Gasteiger partial charge in [-0.05, 0) is 18.1 Å². The van der Waals surface area contributed by atoms with Crippen LogP contribution in [-0.2, 0) is 16.0 Å². The number of carbonyl (C=O) groups excluding carboxylic acids is 2. The van der Waals surface area contributed by atoms with Crippen LogP contribution in [0.1, 0.15) is 26.3 Å². The fourth-order valence-corrected chi connectivity index (χ4v) is 1.31. The number of carbonyl (C=O) groups is 2. The lowest BCUT2D eigenvalue weighted by atomic mass is 10.1. The first-order valence-corrected chi connectivity index (χ1v) is 5.02. The third kappa shape index (κ3) is 3.38. The fourth-order valence-electron chi connectivity index (χ4n) is 1.31. The Morgan fingerprint density at radius 1 is 1.12 bits per heavy atom. The van der Waals surface area contributed by atoms with Crippen molar-refractivity contribution in [3.05, 3.63) is 23.8 Å². The smallest absolute Gasteiger partial charge is 0.308 e. The standard InChI is InChI=1S/C12H14O4/c1-4-10-5-6-11(15-8(2)13)7-12(10)16-9(3)14/h5-7H,4H2,1-3H3. The molecule has 1 aromatic carbocycles. The Morgan fingerprint density at radius 2 is 1.75 bits per heavy atom. The number of rotatable bonds is 3. The molecule has 0 atom stereocenters. The lowest BCUT2D eigenvalue weighted by molar-refractivity contribution is -0.132. The van der Waals surface area contributed by atoms with E-state index >= 15 is 0 Å². The molecule has 0 radical (unpaired) electrons. The molecule has 0 unspecified atom stereocenters. The number of hydrogen-bond donors (Lipinski definition) is 0. The maximum Gasteiger partial charge on any atom is 0.308 e. The van der Waals surface area contributed by atoms with E-state index in [9.17, 15) is 9.59 Å². The molecule has 1 rings (SSSR count). The SMILES string of the molecule is CCc1ccc(OC(C)=O)cc1OC(C)=O. The Bertz CT molecular complexity index is 409. The van der Waals surface area contributed by atoms with Gasteiger partial charge in [0.2, 0.25) is 0 Å². The lowest BCUT2D eigenvalue weighted by Gasteiger charge is -2.09. The first-order valence-electron chi connectivity index (χ1n) is 5.02. The zero-order valence-corrected chi connectivity index (χ0v) is 9.57. The molecule has 0 heterocycles. The molecule has 86 valence electrons. The van der Waals surface area contributed by atoms with Crippen molar-refractivity contribution in [2.75, 3.05) is 0 Å².